The van der Waals surface area contributed by atoms with E-state index in [1.807, 2.05) is 0 Å². The Balaban J connectivity index is 2.14. The summed E-state index contributed by atoms with van der Waals surface area (Å²) in [6.45, 7) is 0. The van der Waals surface area contributed by atoms with Crippen LogP contribution in [0.2, 0.25) is 0 Å². The van der Waals surface area contributed by atoms with Gasteiger partial charge in [-0.25, -0.2) is 4.98 Å². The van der Waals surface area contributed by atoms with Crippen LogP contribution in [0, 0.1) is 0 Å². The zero-order chi connectivity index (χ0) is 11.4. The summed E-state index contributed by atoms with van der Waals surface area (Å²) in [4.78, 5) is 15.7. The molecule has 1 amide bonds. The highest BCUT2D eigenvalue weighted by Crippen LogP contribution is 2.13. The lowest BCUT2D eigenvalue weighted by molar-refractivity contribution is 0.102. The van der Waals surface area contributed by atoms with Crippen LogP contribution in [0.5, 0.6) is 0 Å². The SMILES string of the molecule is O=C(Nc1cc(Br)ccn1)c1ccnnc1. The van der Waals surface area contributed by atoms with Gasteiger partial charge >= 0.3 is 0 Å². The van der Waals surface area contributed by atoms with E-state index in [0.29, 0.717) is 11.4 Å². The van der Waals surface area contributed by atoms with Gasteiger partial charge in [0.1, 0.15) is 5.82 Å². The third-order valence-electron chi connectivity index (χ3n) is 1.81. The average molecular weight is 279 g/mol. The number of pyridine rings is 1. The van der Waals surface area contributed by atoms with Gasteiger partial charge in [-0.3, -0.25) is 4.79 Å². The van der Waals surface area contributed by atoms with Gasteiger partial charge in [0.05, 0.1) is 18.0 Å². The van der Waals surface area contributed by atoms with Crippen molar-refractivity contribution in [2.24, 2.45) is 0 Å². The second-order valence-electron chi connectivity index (χ2n) is 2.94. The molecular weight excluding hydrogens is 272 g/mol. The van der Waals surface area contributed by atoms with Gasteiger partial charge < -0.3 is 5.32 Å². The maximum absolute atomic E-state index is 11.7. The molecule has 2 heterocycles. The zero-order valence-electron chi connectivity index (χ0n) is 8.09. The monoisotopic (exact) mass is 278 g/mol. The molecule has 1 N–H and O–H groups in total. The molecule has 0 unspecified atom stereocenters. The predicted octanol–water partition coefficient (Wildman–Crippen LogP) is 1.89. The average Bonchev–Trinajstić information content (AvgIpc) is 2.30. The Labute approximate surface area is 100 Å². The minimum absolute atomic E-state index is 0.263. The van der Waals surface area contributed by atoms with Crippen molar-refractivity contribution in [3.05, 3.63) is 46.8 Å². The largest absolute Gasteiger partial charge is 0.306 e. The molecule has 0 radical (unpaired) electrons. The second kappa shape index (κ2) is 4.80. The molecule has 0 aliphatic rings. The third-order valence-corrected chi connectivity index (χ3v) is 2.30. The molecule has 0 spiro atoms. The number of amides is 1. The summed E-state index contributed by atoms with van der Waals surface area (Å²) in [7, 11) is 0. The van der Waals surface area contributed by atoms with Gasteiger partial charge in [0.2, 0.25) is 0 Å². The lowest BCUT2D eigenvalue weighted by atomic mass is 10.3. The van der Waals surface area contributed by atoms with Crippen LogP contribution in [-0.4, -0.2) is 21.1 Å². The van der Waals surface area contributed by atoms with Crippen LogP contribution in [0.3, 0.4) is 0 Å². The standard InChI is InChI=1S/C10H7BrN4O/c11-8-2-3-12-9(5-8)15-10(16)7-1-4-13-14-6-7/h1-6H,(H,12,15,16). The summed E-state index contributed by atoms with van der Waals surface area (Å²) in [6.07, 6.45) is 4.46. The first-order valence-corrected chi connectivity index (χ1v) is 5.24. The van der Waals surface area contributed by atoms with Crippen LogP contribution in [0.4, 0.5) is 5.82 Å². The summed E-state index contributed by atoms with van der Waals surface area (Å²) in [5.74, 6) is 0.219. The number of anilines is 1. The van der Waals surface area contributed by atoms with Crippen LogP contribution in [0.25, 0.3) is 0 Å². The highest BCUT2D eigenvalue weighted by Gasteiger charge is 2.06. The Kier molecular flexibility index (Phi) is 3.21. The van der Waals surface area contributed by atoms with Gasteiger partial charge in [-0.1, -0.05) is 15.9 Å². The maximum atomic E-state index is 11.7. The van der Waals surface area contributed by atoms with Crippen molar-refractivity contribution >= 4 is 27.7 Å². The van der Waals surface area contributed by atoms with Crippen molar-refractivity contribution in [2.45, 2.75) is 0 Å². The number of hydrogen-bond donors (Lipinski definition) is 1. The zero-order valence-corrected chi connectivity index (χ0v) is 9.68. The van der Waals surface area contributed by atoms with Gasteiger partial charge in [-0.05, 0) is 18.2 Å². The topological polar surface area (TPSA) is 67.8 Å². The minimum atomic E-state index is -0.263. The van der Waals surface area contributed by atoms with Gasteiger partial charge in [0, 0.05) is 10.7 Å². The molecule has 0 aromatic carbocycles. The van der Waals surface area contributed by atoms with E-state index in [-0.39, 0.29) is 5.91 Å². The number of rotatable bonds is 2. The van der Waals surface area contributed by atoms with E-state index < -0.39 is 0 Å². The molecule has 0 saturated carbocycles. The lowest BCUT2D eigenvalue weighted by Crippen LogP contribution is -2.13. The van der Waals surface area contributed by atoms with E-state index in [1.165, 1.54) is 12.4 Å². The van der Waals surface area contributed by atoms with E-state index in [4.69, 9.17) is 0 Å². The number of nitrogens with zero attached hydrogens (tertiary/aromatic N) is 3. The molecule has 0 bridgehead atoms. The minimum Gasteiger partial charge on any atom is -0.306 e. The third kappa shape index (κ3) is 2.60. The molecule has 0 fully saturated rings. The quantitative estimate of drug-likeness (QED) is 0.911. The normalized spacial score (nSPS) is 9.81. The van der Waals surface area contributed by atoms with Crippen molar-refractivity contribution in [3.8, 4) is 0 Å². The summed E-state index contributed by atoms with van der Waals surface area (Å²) in [5, 5.41) is 9.87. The number of nitrogens with one attached hydrogen (secondary N) is 1. The van der Waals surface area contributed by atoms with Gasteiger partial charge in [0.15, 0.2) is 0 Å². The smallest absolute Gasteiger partial charge is 0.258 e. The van der Waals surface area contributed by atoms with E-state index in [1.54, 1.807) is 24.4 Å². The highest BCUT2D eigenvalue weighted by molar-refractivity contribution is 9.10. The molecule has 80 valence electrons. The molecule has 0 aliphatic heterocycles. The van der Waals surface area contributed by atoms with Gasteiger partial charge in [-0.2, -0.15) is 10.2 Å². The molecular formula is C10H7BrN4O. The van der Waals surface area contributed by atoms with Crippen molar-refractivity contribution in [3.63, 3.8) is 0 Å². The van der Waals surface area contributed by atoms with Crippen molar-refractivity contribution < 1.29 is 4.79 Å². The molecule has 16 heavy (non-hydrogen) atoms. The van der Waals surface area contributed by atoms with Crippen LogP contribution < -0.4 is 5.32 Å². The molecule has 0 saturated heterocycles. The Morgan fingerprint density at radius 1 is 1.25 bits per heavy atom. The first-order chi connectivity index (χ1) is 7.75. The number of carbonyl (C=O) groups is 1. The number of hydrogen-bond acceptors (Lipinski definition) is 4. The Morgan fingerprint density at radius 2 is 2.12 bits per heavy atom. The molecule has 6 heteroatoms. The van der Waals surface area contributed by atoms with E-state index >= 15 is 0 Å². The predicted molar refractivity (Wildman–Crippen MR) is 61.9 cm³/mol. The molecule has 2 aromatic heterocycles. The second-order valence-corrected chi connectivity index (χ2v) is 3.86. The molecule has 0 atom stereocenters. The molecule has 5 nitrogen and oxygen atoms in total. The van der Waals surface area contributed by atoms with Crippen LogP contribution >= 0.6 is 15.9 Å². The van der Waals surface area contributed by atoms with Crippen LogP contribution in [0.15, 0.2) is 41.3 Å². The Bertz CT molecular complexity index is 503. The summed E-state index contributed by atoms with van der Waals surface area (Å²) in [6, 6.07) is 5.08. The molecule has 0 aliphatic carbocycles. The first kappa shape index (κ1) is 10.7. The Hall–Kier alpha value is -1.82. The number of aromatic nitrogens is 3. The first-order valence-electron chi connectivity index (χ1n) is 4.45. The maximum Gasteiger partial charge on any atom is 0.258 e. The molecule has 2 aromatic rings. The van der Waals surface area contributed by atoms with Crippen molar-refractivity contribution in [2.75, 3.05) is 5.32 Å². The summed E-state index contributed by atoms with van der Waals surface area (Å²) >= 11 is 3.29. The van der Waals surface area contributed by atoms with Crippen LogP contribution in [-0.2, 0) is 0 Å². The van der Waals surface area contributed by atoms with Gasteiger partial charge in [-0.15, -0.1) is 0 Å². The van der Waals surface area contributed by atoms with Crippen molar-refractivity contribution in [1.82, 2.24) is 15.2 Å². The lowest BCUT2D eigenvalue weighted by Gasteiger charge is -2.03. The fraction of sp³-hybridized carbons (Fsp3) is 0. The fourth-order valence-corrected chi connectivity index (χ4v) is 1.42. The Morgan fingerprint density at radius 3 is 2.81 bits per heavy atom. The summed E-state index contributed by atoms with van der Waals surface area (Å²) in [5.41, 5.74) is 0.441. The number of halogens is 1. The van der Waals surface area contributed by atoms with Gasteiger partial charge in [0.25, 0.3) is 5.91 Å². The summed E-state index contributed by atoms with van der Waals surface area (Å²) < 4.78 is 0.852. The fourth-order valence-electron chi connectivity index (χ4n) is 1.09. The highest BCUT2D eigenvalue weighted by atomic mass is 79.9. The van der Waals surface area contributed by atoms with E-state index in [2.05, 4.69) is 36.4 Å². The van der Waals surface area contributed by atoms with E-state index in [0.717, 1.165) is 4.47 Å². The van der Waals surface area contributed by atoms with Crippen molar-refractivity contribution in [1.29, 1.82) is 0 Å². The van der Waals surface area contributed by atoms with E-state index in [9.17, 15) is 4.79 Å². The number of carbonyl (C=O) groups excluding carboxylic acids is 1. The molecule has 2 rings (SSSR count). The van der Waals surface area contributed by atoms with Crippen LogP contribution in [0.1, 0.15) is 10.4 Å².